The Balaban J connectivity index is 1.90. The van der Waals surface area contributed by atoms with Crippen molar-refractivity contribution in [3.05, 3.63) is 59.5 Å². The van der Waals surface area contributed by atoms with Crippen LogP contribution >= 0.6 is 0 Å². The average Bonchev–Trinajstić information content (AvgIpc) is 2.41. The molecule has 0 spiro atoms. The molecule has 0 saturated heterocycles. The Labute approximate surface area is 106 Å². The summed E-state index contributed by atoms with van der Waals surface area (Å²) >= 11 is 0. The SMILES string of the molecule is COc1ncccc1CNCc1ccc(F)cc1. The number of benzene rings is 1. The van der Waals surface area contributed by atoms with Crippen molar-refractivity contribution in [1.82, 2.24) is 10.3 Å². The summed E-state index contributed by atoms with van der Waals surface area (Å²) in [5.41, 5.74) is 2.04. The molecular weight excluding hydrogens is 231 g/mol. The summed E-state index contributed by atoms with van der Waals surface area (Å²) in [5, 5.41) is 3.27. The first kappa shape index (κ1) is 12.5. The lowest BCUT2D eigenvalue weighted by molar-refractivity contribution is 0.390. The molecule has 1 aromatic heterocycles. The maximum atomic E-state index is 12.7. The zero-order chi connectivity index (χ0) is 12.8. The number of nitrogens with zero attached hydrogens (tertiary/aromatic N) is 1. The van der Waals surface area contributed by atoms with E-state index < -0.39 is 0 Å². The number of halogens is 1. The van der Waals surface area contributed by atoms with E-state index >= 15 is 0 Å². The van der Waals surface area contributed by atoms with E-state index in [-0.39, 0.29) is 5.82 Å². The van der Waals surface area contributed by atoms with Crippen LogP contribution in [-0.2, 0) is 13.1 Å². The summed E-state index contributed by atoms with van der Waals surface area (Å²) in [6, 6.07) is 10.3. The highest BCUT2D eigenvalue weighted by Crippen LogP contribution is 2.13. The van der Waals surface area contributed by atoms with Crippen molar-refractivity contribution in [1.29, 1.82) is 0 Å². The van der Waals surface area contributed by atoms with Gasteiger partial charge < -0.3 is 10.1 Å². The van der Waals surface area contributed by atoms with Gasteiger partial charge in [0.25, 0.3) is 0 Å². The highest BCUT2D eigenvalue weighted by Gasteiger charge is 2.02. The summed E-state index contributed by atoms with van der Waals surface area (Å²) in [4.78, 5) is 4.12. The van der Waals surface area contributed by atoms with Crippen molar-refractivity contribution < 1.29 is 9.13 Å². The van der Waals surface area contributed by atoms with Crippen molar-refractivity contribution in [2.24, 2.45) is 0 Å². The van der Waals surface area contributed by atoms with Crippen LogP contribution in [0.2, 0.25) is 0 Å². The fraction of sp³-hybridized carbons (Fsp3) is 0.214. The van der Waals surface area contributed by atoms with Crippen molar-refractivity contribution >= 4 is 0 Å². The molecule has 2 aromatic rings. The van der Waals surface area contributed by atoms with Gasteiger partial charge in [-0.25, -0.2) is 9.37 Å². The van der Waals surface area contributed by atoms with Gasteiger partial charge in [-0.2, -0.15) is 0 Å². The van der Waals surface area contributed by atoms with Gasteiger partial charge in [-0.05, 0) is 23.8 Å². The first-order valence-electron chi connectivity index (χ1n) is 5.72. The Morgan fingerprint density at radius 2 is 1.94 bits per heavy atom. The lowest BCUT2D eigenvalue weighted by Gasteiger charge is -2.08. The average molecular weight is 246 g/mol. The lowest BCUT2D eigenvalue weighted by Crippen LogP contribution is -2.13. The van der Waals surface area contributed by atoms with Crippen molar-refractivity contribution in [2.45, 2.75) is 13.1 Å². The normalized spacial score (nSPS) is 10.3. The highest BCUT2D eigenvalue weighted by molar-refractivity contribution is 5.25. The zero-order valence-electron chi connectivity index (χ0n) is 10.2. The third kappa shape index (κ3) is 3.28. The molecule has 0 bridgehead atoms. The third-order valence-corrected chi connectivity index (χ3v) is 2.60. The second kappa shape index (κ2) is 6.12. The molecule has 3 nitrogen and oxygen atoms in total. The molecule has 94 valence electrons. The van der Waals surface area contributed by atoms with Crippen LogP contribution in [0.25, 0.3) is 0 Å². The van der Waals surface area contributed by atoms with Crippen LogP contribution in [0.15, 0.2) is 42.6 Å². The summed E-state index contributed by atoms with van der Waals surface area (Å²) in [6.07, 6.45) is 1.70. The summed E-state index contributed by atoms with van der Waals surface area (Å²) in [5.74, 6) is 0.414. The van der Waals surface area contributed by atoms with E-state index in [4.69, 9.17) is 4.74 Å². The van der Waals surface area contributed by atoms with Gasteiger partial charge in [0, 0.05) is 24.8 Å². The molecule has 0 aliphatic rings. The molecule has 1 heterocycles. The molecule has 0 saturated carbocycles. The smallest absolute Gasteiger partial charge is 0.217 e. The number of ether oxygens (including phenoxy) is 1. The van der Waals surface area contributed by atoms with Crippen molar-refractivity contribution in [3.8, 4) is 5.88 Å². The predicted octanol–water partition coefficient (Wildman–Crippen LogP) is 2.52. The van der Waals surface area contributed by atoms with Gasteiger partial charge in [-0.15, -0.1) is 0 Å². The molecule has 2 rings (SSSR count). The number of aromatic nitrogens is 1. The molecule has 18 heavy (non-hydrogen) atoms. The van der Waals surface area contributed by atoms with Gasteiger partial charge in [0.2, 0.25) is 5.88 Å². The molecule has 0 radical (unpaired) electrons. The zero-order valence-corrected chi connectivity index (χ0v) is 10.2. The minimum absolute atomic E-state index is 0.215. The molecule has 0 atom stereocenters. The minimum Gasteiger partial charge on any atom is -0.481 e. The Bertz CT molecular complexity index is 499. The van der Waals surface area contributed by atoms with E-state index in [1.54, 1.807) is 25.4 Å². The predicted molar refractivity (Wildman–Crippen MR) is 67.7 cm³/mol. The Kier molecular flexibility index (Phi) is 4.25. The lowest BCUT2D eigenvalue weighted by atomic mass is 10.2. The van der Waals surface area contributed by atoms with Gasteiger partial charge in [-0.1, -0.05) is 18.2 Å². The molecule has 1 aromatic carbocycles. The van der Waals surface area contributed by atoms with Crippen LogP contribution < -0.4 is 10.1 Å². The number of rotatable bonds is 5. The van der Waals surface area contributed by atoms with E-state index in [9.17, 15) is 4.39 Å². The number of pyridine rings is 1. The van der Waals surface area contributed by atoms with Crippen LogP contribution in [0, 0.1) is 5.82 Å². The van der Waals surface area contributed by atoms with E-state index in [0.717, 1.165) is 11.1 Å². The van der Waals surface area contributed by atoms with Crippen LogP contribution in [0.5, 0.6) is 5.88 Å². The molecule has 0 amide bonds. The van der Waals surface area contributed by atoms with Crippen molar-refractivity contribution in [2.75, 3.05) is 7.11 Å². The first-order valence-corrected chi connectivity index (χ1v) is 5.72. The van der Waals surface area contributed by atoms with Crippen LogP contribution in [0.3, 0.4) is 0 Å². The molecule has 0 aliphatic carbocycles. The standard InChI is InChI=1S/C14H15FN2O/c1-18-14-12(3-2-8-17-14)10-16-9-11-4-6-13(15)7-5-11/h2-8,16H,9-10H2,1H3. The Morgan fingerprint density at radius 3 is 2.67 bits per heavy atom. The molecule has 0 unspecified atom stereocenters. The summed E-state index contributed by atoms with van der Waals surface area (Å²) in [6.45, 7) is 1.34. The topological polar surface area (TPSA) is 34.1 Å². The third-order valence-electron chi connectivity index (χ3n) is 2.60. The second-order valence-corrected chi connectivity index (χ2v) is 3.90. The summed E-state index contributed by atoms with van der Waals surface area (Å²) < 4.78 is 17.9. The van der Waals surface area contributed by atoms with Crippen molar-refractivity contribution in [3.63, 3.8) is 0 Å². The number of hydrogen-bond donors (Lipinski definition) is 1. The molecular formula is C14H15FN2O. The van der Waals surface area contributed by atoms with Gasteiger partial charge in [0.15, 0.2) is 0 Å². The Morgan fingerprint density at radius 1 is 1.17 bits per heavy atom. The highest BCUT2D eigenvalue weighted by atomic mass is 19.1. The van der Waals surface area contributed by atoms with E-state index in [2.05, 4.69) is 10.3 Å². The minimum atomic E-state index is -0.215. The quantitative estimate of drug-likeness (QED) is 0.880. The molecule has 0 fully saturated rings. The fourth-order valence-electron chi connectivity index (χ4n) is 1.69. The molecule has 0 aliphatic heterocycles. The monoisotopic (exact) mass is 246 g/mol. The number of methoxy groups -OCH3 is 1. The maximum Gasteiger partial charge on any atom is 0.217 e. The largest absolute Gasteiger partial charge is 0.481 e. The maximum absolute atomic E-state index is 12.7. The Hall–Kier alpha value is -1.94. The van der Waals surface area contributed by atoms with Crippen LogP contribution in [0.4, 0.5) is 4.39 Å². The van der Waals surface area contributed by atoms with E-state index in [1.807, 2.05) is 12.1 Å². The van der Waals surface area contributed by atoms with Crippen LogP contribution in [0.1, 0.15) is 11.1 Å². The fourth-order valence-corrected chi connectivity index (χ4v) is 1.69. The van der Waals surface area contributed by atoms with Crippen LogP contribution in [-0.4, -0.2) is 12.1 Å². The van der Waals surface area contributed by atoms with Gasteiger partial charge in [-0.3, -0.25) is 0 Å². The number of nitrogens with one attached hydrogen (secondary N) is 1. The van der Waals surface area contributed by atoms with Gasteiger partial charge in [0.1, 0.15) is 5.82 Å². The van der Waals surface area contributed by atoms with E-state index in [0.29, 0.717) is 19.0 Å². The summed E-state index contributed by atoms with van der Waals surface area (Å²) in [7, 11) is 1.60. The first-order chi connectivity index (χ1) is 8.79. The molecule has 1 N–H and O–H groups in total. The van der Waals surface area contributed by atoms with Gasteiger partial charge >= 0.3 is 0 Å². The van der Waals surface area contributed by atoms with E-state index in [1.165, 1.54) is 12.1 Å². The second-order valence-electron chi connectivity index (χ2n) is 3.90. The number of hydrogen-bond acceptors (Lipinski definition) is 3. The van der Waals surface area contributed by atoms with Gasteiger partial charge in [0.05, 0.1) is 7.11 Å². The molecule has 4 heteroatoms.